The second-order valence-electron chi connectivity index (χ2n) is 9.71. The molecule has 3 aliphatic rings. The van der Waals surface area contributed by atoms with E-state index in [0.29, 0.717) is 5.92 Å². The first kappa shape index (κ1) is 21.1. The van der Waals surface area contributed by atoms with Crippen molar-refractivity contribution in [1.29, 1.82) is 0 Å². The molecule has 156 valence electrons. The summed E-state index contributed by atoms with van der Waals surface area (Å²) in [5.41, 5.74) is 0. The summed E-state index contributed by atoms with van der Waals surface area (Å²) in [6.45, 7) is 3.76. The quantitative estimate of drug-likeness (QED) is 0.487. The van der Waals surface area contributed by atoms with E-state index in [2.05, 4.69) is 6.92 Å². The van der Waals surface area contributed by atoms with Crippen molar-refractivity contribution < 1.29 is 22.4 Å². The van der Waals surface area contributed by atoms with Gasteiger partial charge in [-0.3, -0.25) is 4.79 Å². The third kappa shape index (κ3) is 4.70. The number of rotatable bonds is 3. The van der Waals surface area contributed by atoms with Gasteiger partial charge < -0.3 is 0 Å². The molecule has 0 aromatic heterocycles. The molecule has 0 aromatic carbocycles. The number of Topliss-reactive ketones (excluding diaryl/α,β-unsaturated/α-hetero) is 1. The van der Waals surface area contributed by atoms with E-state index < -0.39 is 30.1 Å². The van der Waals surface area contributed by atoms with E-state index in [0.717, 1.165) is 37.5 Å². The van der Waals surface area contributed by atoms with Gasteiger partial charge in [-0.05, 0) is 75.0 Å². The van der Waals surface area contributed by atoms with Gasteiger partial charge in [-0.1, -0.05) is 26.7 Å². The van der Waals surface area contributed by atoms with Crippen molar-refractivity contribution in [2.45, 2.75) is 90.4 Å². The molecule has 0 spiro atoms. The van der Waals surface area contributed by atoms with Gasteiger partial charge in [0.2, 0.25) is 0 Å². The van der Waals surface area contributed by atoms with Crippen LogP contribution in [0.5, 0.6) is 0 Å². The van der Waals surface area contributed by atoms with Crippen LogP contribution in [0.2, 0.25) is 0 Å². The van der Waals surface area contributed by atoms with Crippen LogP contribution in [-0.2, 0) is 4.79 Å². The van der Waals surface area contributed by atoms with Crippen molar-refractivity contribution in [2.24, 2.45) is 41.4 Å². The Balaban J connectivity index is 1.56. The minimum absolute atomic E-state index is 0.223. The van der Waals surface area contributed by atoms with Crippen LogP contribution in [0, 0.1) is 41.4 Å². The van der Waals surface area contributed by atoms with Crippen LogP contribution >= 0.6 is 0 Å². The van der Waals surface area contributed by atoms with Gasteiger partial charge in [0.1, 0.15) is 12.0 Å². The number of halogens is 4. The van der Waals surface area contributed by atoms with Gasteiger partial charge in [0.05, 0.1) is 5.92 Å². The van der Waals surface area contributed by atoms with Crippen molar-refractivity contribution in [1.82, 2.24) is 0 Å². The van der Waals surface area contributed by atoms with Gasteiger partial charge in [-0.15, -0.1) is 0 Å². The SMILES string of the molecule is CC1CCC(C2CCC(C(=O)C3CCC(C)C(C(F)(F)F)C3F)CC2)CC1. The molecule has 0 aromatic rings. The summed E-state index contributed by atoms with van der Waals surface area (Å²) < 4.78 is 54.5. The Morgan fingerprint density at radius 1 is 0.778 bits per heavy atom. The fraction of sp³-hybridized carbons (Fsp3) is 0.955. The molecule has 27 heavy (non-hydrogen) atoms. The summed E-state index contributed by atoms with van der Waals surface area (Å²) in [4.78, 5) is 12.9. The van der Waals surface area contributed by atoms with Gasteiger partial charge in [-0.25, -0.2) is 4.39 Å². The van der Waals surface area contributed by atoms with Crippen LogP contribution < -0.4 is 0 Å². The standard InChI is InChI=1S/C22H34F4O/c1-13-3-6-15(7-4-13)16-8-10-17(11-9-16)21(27)18-12-5-14(2)19(20(18)23)22(24,25)26/h13-20H,3-12H2,1-2H3. The van der Waals surface area contributed by atoms with Gasteiger partial charge in [0.15, 0.2) is 0 Å². The highest BCUT2D eigenvalue weighted by molar-refractivity contribution is 5.84. The lowest BCUT2D eigenvalue weighted by Gasteiger charge is -2.41. The molecule has 0 radical (unpaired) electrons. The van der Waals surface area contributed by atoms with Crippen molar-refractivity contribution in [3.05, 3.63) is 0 Å². The van der Waals surface area contributed by atoms with Gasteiger partial charge in [0.25, 0.3) is 0 Å². The maximum atomic E-state index is 14.7. The molecule has 0 heterocycles. The first-order valence-electron chi connectivity index (χ1n) is 10.9. The molecule has 3 fully saturated rings. The molecule has 4 unspecified atom stereocenters. The fourth-order valence-electron chi connectivity index (χ4n) is 6.08. The Morgan fingerprint density at radius 2 is 1.30 bits per heavy atom. The summed E-state index contributed by atoms with van der Waals surface area (Å²) >= 11 is 0. The van der Waals surface area contributed by atoms with Crippen molar-refractivity contribution in [2.75, 3.05) is 0 Å². The van der Waals surface area contributed by atoms with Crippen molar-refractivity contribution in [3.8, 4) is 0 Å². The van der Waals surface area contributed by atoms with E-state index in [9.17, 15) is 22.4 Å². The fourth-order valence-corrected chi connectivity index (χ4v) is 6.08. The average Bonchev–Trinajstić information content (AvgIpc) is 2.61. The van der Waals surface area contributed by atoms with E-state index >= 15 is 0 Å². The molecule has 3 saturated carbocycles. The minimum Gasteiger partial charge on any atom is -0.299 e. The van der Waals surface area contributed by atoms with E-state index in [1.54, 1.807) is 0 Å². The zero-order chi connectivity index (χ0) is 19.8. The first-order chi connectivity index (χ1) is 12.7. The Labute approximate surface area is 160 Å². The van der Waals surface area contributed by atoms with Crippen molar-refractivity contribution in [3.63, 3.8) is 0 Å². The summed E-state index contributed by atoms with van der Waals surface area (Å²) in [5.74, 6) is -2.02. The van der Waals surface area contributed by atoms with Gasteiger partial charge >= 0.3 is 6.18 Å². The molecule has 0 bridgehead atoms. The second-order valence-corrected chi connectivity index (χ2v) is 9.71. The zero-order valence-corrected chi connectivity index (χ0v) is 16.6. The van der Waals surface area contributed by atoms with E-state index in [1.165, 1.54) is 32.6 Å². The summed E-state index contributed by atoms with van der Waals surface area (Å²) in [7, 11) is 0. The molecule has 5 heteroatoms. The largest absolute Gasteiger partial charge is 0.394 e. The number of carbonyl (C=O) groups is 1. The second kappa shape index (κ2) is 8.41. The number of ketones is 1. The number of hydrogen-bond acceptors (Lipinski definition) is 1. The highest BCUT2D eigenvalue weighted by Crippen LogP contribution is 2.47. The molecule has 0 amide bonds. The molecular formula is C22H34F4O. The molecule has 3 aliphatic carbocycles. The molecule has 0 N–H and O–H groups in total. The minimum atomic E-state index is -4.56. The van der Waals surface area contributed by atoms with Crippen molar-refractivity contribution >= 4 is 5.78 Å². The van der Waals surface area contributed by atoms with Crippen LogP contribution in [0.4, 0.5) is 17.6 Å². The van der Waals surface area contributed by atoms with Gasteiger partial charge in [0, 0.05) is 11.8 Å². The van der Waals surface area contributed by atoms with Crippen LogP contribution in [0.15, 0.2) is 0 Å². The van der Waals surface area contributed by atoms with Crippen LogP contribution in [-0.4, -0.2) is 18.1 Å². The summed E-state index contributed by atoms with van der Waals surface area (Å²) in [6.07, 6.45) is 2.48. The molecule has 3 rings (SSSR count). The maximum absolute atomic E-state index is 14.7. The predicted octanol–water partition coefficient (Wildman–Crippen LogP) is 6.75. The van der Waals surface area contributed by atoms with E-state index in [4.69, 9.17) is 0 Å². The third-order valence-corrected chi connectivity index (χ3v) is 7.92. The highest BCUT2D eigenvalue weighted by Gasteiger charge is 2.54. The average molecular weight is 391 g/mol. The summed E-state index contributed by atoms with van der Waals surface area (Å²) in [6, 6.07) is 0. The Bertz CT molecular complexity index is 501. The third-order valence-electron chi connectivity index (χ3n) is 7.92. The predicted molar refractivity (Wildman–Crippen MR) is 97.9 cm³/mol. The summed E-state index contributed by atoms with van der Waals surface area (Å²) in [5, 5.41) is 0. The smallest absolute Gasteiger partial charge is 0.299 e. The number of hydrogen-bond donors (Lipinski definition) is 0. The topological polar surface area (TPSA) is 17.1 Å². The van der Waals surface area contributed by atoms with Gasteiger partial charge in [-0.2, -0.15) is 13.2 Å². The Morgan fingerprint density at radius 3 is 1.81 bits per heavy atom. The maximum Gasteiger partial charge on any atom is 0.394 e. The van der Waals surface area contributed by atoms with Crippen LogP contribution in [0.25, 0.3) is 0 Å². The number of carbonyl (C=O) groups excluding carboxylic acids is 1. The highest BCUT2D eigenvalue weighted by atomic mass is 19.4. The Hall–Kier alpha value is -0.610. The normalized spacial score (nSPS) is 44.1. The molecule has 0 saturated heterocycles. The number of alkyl halides is 4. The Kier molecular flexibility index (Phi) is 6.57. The molecular weight excluding hydrogens is 356 g/mol. The monoisotopic (exact) mass is 390 g/mol. The molecule has 1 nitrogen and oxygen atoms in total. The molecule has 4 atom stereocenters. The zero-order valence-electron chi connectivity index (χ0n) is 16.6. The van der Waals surface area contributed by atoms with E-state index in [1.807, 2.05) is 0 Å². The first-order valence-corrected chi connectivity index (χ1v) is 10.9. The lowest BCUT2D eigenvalue weighted by atomic mass is 9.65. The van der Waals surface area contributed by atoms with Crippen LogP contribution in [0.3, 0.4) is 0 Å². The van der Waals surface area contributed by atoms with Crippen LogP contribution in [0.1, 0.15) is 78.1 Å². The van der Waals surface area contributed by atoms with E-state index in [-0.39, 0.29) is 24.5 Å². The lowest BCUT2D eigenvalue weighted by molar-refractivity contribution is -0.218. The lowest BCUT2D eigenvalue weighted by Crippen LogP contribution is -2.47. The molecule has 0 aliphatic heterocycles.